The standard InChI is InChI=1S/C23H25FN4O/c24-18-7-8-20-22(12-18)27(15-26-20)14-16-3-5-17(6-4-16)23(29)21-2-1-11-28(21)19-9-10-25-13-19/h3-8,12,15,19,21,25H,1-2,9-11,13-14H2. The molecule has 0 spiro atoms. The van der Waals surface area contributed by atoms with E-state index in [4.69, 9.17) is 0 Å². The van der Waals surface area contributed by atoms with E-state index in [2.05, 4.69) is 15.2 Å². The summed E-state index contributed by atoms with van der Waals surface area (Å²) in [5.41, 5.74) is 3.39. The van der Waals surface area contributed by atoms with E-state index >= 15 is 0 Å². The molecule has 3 aromatic rings. The third kappa shape index (κ3) is 3.58. The highest BCUT2D eigenvalue weighted by atomic mass is 19.1. The second kappa shape index (κ2) is 7.69. The van der Waals surface area contributed by atoms with Crippen molar-refractivity contribution >= 4 is 16.8 Å². The monoisotopic (exact) mass is 392 g/mol. The summed E-state index contributed by atoms with van der Waals surface area (Å²) in [4.78, 5) is 19.9. The van der Waals surface area contributed by atoms with Crippen LogP contribution in [-0.2, 0) is 6.54 Å². The summed E-state index contributed by atoms with van der Waals surface area (Å²) in [7, 11) is 0. The predicted molar refractivity (Wildman–Crippen MR) is 111 cm³/mol. The van der Waals surface area contributed by atoms with Crippen LogP contribution in [-0.4, -0.2) is 52.0 Å². The van der Waals surface area contributed by atoms with Crippen LogP contribution >= 0.6 is 0 Å². The van der Waals surface area contributed by atoms with Gasteiger partial charge in [-0.1, -0.05) is 24.3 Å². The molecule has 150 valence electrons. The minimum Gasteiger partial charge on any atom is -0.326 e. The lowest BCUT2D eigenvalue weighted by atomic mass is 10.00. The van der Waals surface area contributed by atoms with Crippen LogP contribution in [0, 0.1) is 5.82 Å². The van der Waals surface area contributed by atoms with Gasteiger partial charge in [0.2, 0.25) is 0 Å². The van der Waals surface area contributed by atoms with Crippen LogP contribution in [0.4, 0.5) is 4.39 Å². The smallest absolute Gasteiger partial charge is 0.179 e. The first-order valence-corrected chi connectivity index (χ1v) is 10.4. The molecule has 6 heteroatoms. The van der Waals surface area contributed by atoms with Gasteiger partial charge < -0.3 is 9.88 Å². The zero-order valence-electron chi connectivity index (χ0n) is 16.4. The van der Waals surface area contributed by atoms with Crippen LogP contribution < -0.4 is 5.32 Å². The first-order valence-electron chi connectivity index (χ1n) is 10.4. The summed E-state index contributed by atoms with van der Waals surface area (Å²) in [5.74, 6) is -0.0325. The molecule has 2 atom stereocenters. The summed E-state index contributed by atoms with van der Waals surface area (Å²) >= 11 is 0. The lowest BCUT2D eigenvalue weighted by Crippen LogP contribution is -2.44. The van der Waals surface area contributed by atoms with E-state index in [1.807, 2.05) is 28.8 Å². The first-order chi connectivity index (χ1) is 14.2. The fourth-order valence-electron chi connectivity index (χ4n) is 4.75. The molecular weight excluding hydrogens is 367 g/mol. The zero-order chi connectivity index (χ0) is 19.8. The molecule has 0 aliphatic carbocycles. The maximum atomic E-state index is 13.6. The SMILES string of the molecule is O=C(c1ccc(Cn2cnc3ccc(F)cc32)cc1)C1CCCN1C1CCNC1. The average Bonchev–Trinajstić information content (AvgIpc) is 3.49. The molecule has 2 fully saturated rings. The number of hydrogen-bond donors (Lipinski definition) is 1. The topological polar surface area (TPSA) is 50.2 Å². The molecule has 2 unspecified atom stereocenters. The summed E-state index contributed by atoms with van der Waals surface area (Å²) in [6, 6.07) is 13.0. The van der Waals surface area contributed by atoms with Gasteiger partial charge in [-0.25, -0.2) is 9.37 Å². The van der Waals surface area contributed by atoms with E-state index in [1.54, 1.807) is 12.4 Å². The van der Waals surface area contributed by atoms with E-state index in [9.17, 15) is 9.18 Å². The van der Waals surface area contributed by atoms with Crippen LogP contribution in [0.5, 0.6) is 0 Å². The maximum absolute atomic E-state index is 13.6. The number of imidazole rings is 1. The first kappa shape index (κ1) is 18.5. The van der Waals surface area contributed by atoms with E-state index in [-0.39, 0.29) is 17.6 Å². The van der Waals surface area contributed by atoms with Gasteiger partial charge in [0, 0.05) is 24.7 Å². The lowest BCUT2D eigenvalue weighted by Gasteiger charge is -2.29. The van der Waals surface area contributed by atoms with Gasteiger partial charge >= 0.3 is 0 Å². The number of halogens is 1. The number of rotatable bonds is 5. The normalized spacial score (nSPS) is 22.5. The van der Waals surface area contributed by atoms with Crippen molar-refractivity contribution in [1.29, 1.82) is 0 Å². The number of ketones is 1. The Kier molecular flexibility index (Phi) is 4.89. The molecule has 0 amide bonds. The molecule has 2 aliphatic rings. The second-order valence-corrected chi connectivity index (χ2v) is 8.11. The van der Waals surface area contributed by atoms with E-state index in [1.165, 1.54) is 12.1 Å². The van der Waals surface area contributed by atoms with Crippen LogP contribution in [0.25, 0.3) is 11.0 Å². The molecule has 5 rings (SSSR count). The quantitative estimate of drug-likeness (QED) is 0.678. The number of nitrogens with one attached hydrogen (secondary N) is 1. The van der Waals surface area contributed by atoms with Gasteiger partial charge in [-0.05, 0) is 56.1 Å². The summed E-state index contributed by atoms with van der Waals surface area (Å²) in [6.07, 6.45) is 4.90. The molecule has 2 saturated heterocycles. The molecule has 2 aromatic carbocycles. The van der Waals surface area contributed by atoms with Crippen molar-refractivity contribution in [3.63, 3.8) is 0 Å². The Hall–Kier alpha value is -2.57. The Balaban J connectivity index is 1.32. The highest BCUT2D eigenvalue weighted by molar-refractivity contribution is 6.00. The molecule has 5 nitrogen and oxygen atoms in total. The minimum atomic E-state index is -0.265. The van der Waals surface area contributed by atoms with Crippen LogP contribution in [0.3, 0.4) is 0 Å². The number of Topliss-reactive ketones (excluding diaryl/α,β-unsaturated/α-hetero) is 1. The van der Waals surface area contributed by atoms with Crippen molar-refractivity contribution in [2.75, 3.05) is 19.6 Å². The van der Waals surface area contributed by atoms with Gasteiger partial charge in [-0.3, -0.25) is 9.69 Å². The maximum Gasteiger partial charge on any atom is 0.179 e. The summed E-state index contributed by atoms with van der Waals surface area (Å²) in [5, 5.41) is 3.41. The molecule has 0 bridgehead atoms. The van der Waals surface area contributed by atoms with E-state index < -0.39 is 0 Å². The fraction of sp³-hybridized carbons (Fsp3) is 0.391. The molecular formula is C23H25FN4O. The zero-order valence-corrected chi connectivity index (χ0v) is 16.4. The second-order valence-electron chi connectivity index (χ2n) is 8.11. The van der Waals surface area contributed by atoms with Gasteiger partial charge in [0.15, 0.2) is 5.78 Å². The molecule has 1 aromatic heterocycles. The number of nitrogens with zero attached hydrogens (tertiary/aromatic N) is 3. The Morgan fingerprint density at radius 1 is 1.17 bits per heavy atom. The summed E-state index contributed by atoms with van der Waals surface area (Å²) in [6.45, 7) is 3.65. The number of carbonyl (C=O) groups is 1. The van der Waals surface area contributed by atoms with Gasteiger partial charge in [-0.2, -0.15) is 0 Å². The summed E-state index contributed by atoms with van der Waals surface area (Å²) < 4.78 is 15.5. The molecule has 0 radical (unpaired) electrons. The number of carbonyl (C=O) groups excluding carboxylic acids is 1. The Labute approximate surface area is 169 Å². The third-order valence-electron chi connectivity index (χ3n) is 6.27. The van der Waals surface area contributed by atoms with Crippen molar-refractivity contribution < 1.29 is 9.18 Å². The Morgan fingerprint density at radius 3 is 2.83 bits per heavy atom. The van der Waals surface area contributed by atoms with Crippen molar-refractivity contribution in [2.45, 2.75) is 37.9 Å². The minimum absolute atomic E-state index is 0.00585. The van der Waals surface area contributed by atoms with Gasteiger partial charge in [0.1, 0.15) is 5.82 Å². The fourth-order valence-corrected chi connectivity index (χ4v) is 4.75. The number of benzene rings is 2. The Morgan fingerprint density at radius 2 is 2.03 bits per heavy atom. The molecule has 29 heavy (non-hydrogen) atoms. The van der Waals surface area contributed by atoms with E-state index in [0.717, 1.165) is 61.1 Å². The highest BCUT2D eigenvalue weighted by Gasteiger charge is 2.36. The van der Waals surface area contributed by atoms with Crippen molar-refractivity contribution in [2.24, 2.45) is 0 Å². The van der Waals surface area contributed by atoms with Gasteiger partial charge in [-0.15, -0.1) is 0 Å². The van der Waals surface area contributed by atoms with Crippen molar-refractivity contribution in [1.82, 2.24) is 19.8 Å². The number of aromatic nitrogens is 2. The largest absolute Gasteiger partial charge is 0.326 e. The van der Waals surface area contributed by atoms with Crippen LogP contribution in [0.2, 0.25) is 0 Å². The van der Waals surface area contributed by atoms with Crippen molar-refractivity contribution in [3.8, 4) is 0 Å². The average molecular weight is 392 g/mol. The molecule has 3 heterocycles. The van der Waals surface area contributed by atoms with Gasteiger partial charge in [0.25, 0.3) is 0 Å². The van der Waals surface area contributed by atoms with Crippen molar-refractivity contribution in [3.05, 3.63) is 65.7 Å². The number of likely N-dealkylation sites (tertiary alicyclic amines) is 1. The lowest BCUT2D eigenvalue weighted by molar-refractivity contribution is 0.0826. The van der Waals surface area contributed by atoms with Crippen LogP contribution in [0.15, 0.2) is 48.8 Å². The van der Waals surface area contributed by atoms with E-state index in [0.29, 0.717) is 12.6 Å². The third-order valence-corrected chi connectivity index (χ3v) is 6.27. The van der Waals surface area contributed by atoms with Gasteiger partial charge in [0.05, 0.1) is 23.4 Å². The van der Waals surface area contributed by atoms with Crippen LogP contribution in [0.1, 0.15) is 35.2 Å². The highest BCUT2D eigenvalue weighted by Crippen LogP contribution is 2.26. The molecule has 0 saturated carbocycles. The Bertz CT molecular complexity index is 1020. The number of fused-ring (bicyclic) bond motifs is 1. The number of hydrogen-bond acceptors (Lipinski definition) is 4. The predicted octanol–water partition coefficient (Wildman–Crippen LogP) is 3.23. The molecule has 1 N–H and O–H groups in total. The molecule has 2 aliphatic heterocycles.